The number of H-pyrrole nitrogens is 1. The van der Waals surface area contributed by atoms with E-state index in [0.717, 1.165) is 19.6 Å². The van der Waals surface area contributed by atoms with Gasteiger partial charge < -0.3 is 19.5 Å². The van der Waals surface area contributed by atoms with E-state index in [2.05, 4.69) is 16.9 Å². The molecular weight excluding hydrogens is 256 g/mol. The van der Waals surface area contributed by atoms with Gasteiger partial charge in [-0.1, -0.05) is 0 Å². The first-order chi connectivity index (χ1) is 9.67. The Kier molecular flexibility index (Phi) is 3.47. The molecule has 1 aromatic heterocycles. The third kappa shape index (κ3) is 2.42. The van der Waals surface area contributed by atoms with Crippen LogP contribution in [-0.4, -0.2) is 66.6 Å². The molecule has 3 rings (SSSR count). The number of hydrogen-bond donors (Lipinski definition) is 1. The Morgan fingerprint density at radius 3 is 3.05 bits per heavy atom. The number of hydrogen-bond acceptors (Lipinski definition) is 4. The number of fused-ring (bicyclic) bond motifs is 3. The fourth-order valence-corrected chi connectivity index (χ4v) is 3.06. The van der Waals surface area contributed by atoms with Crippen molar-refractivity contribution in [2.75, 3.05) is 39.9 Å². The number of likely N-dealkylation sites (N-methyl/N-ethyl adjacent to an activating group) is 1. The van der Waals surface area contributed by atoms with Crippen molar-refractivity contribution in [2.24, 2.45) is 5.92 Å². The second-order valence-electron chi connectivity index (χ2n) is 5.65. The van der Waals surface area contributed by atoms with E-state index in [1.54, 1.807) is 12.3 Å². The Balaban J connectivity index is 1.85. The lowest BCUT2D eigenvalue weighted by Gasteiger charge is -2.29. The van der Waals surface area contributed by atoms with Gasteiger partial charge >= 0.3 is 0 Å². The van der Waals surface area contributed by atoms with Crippen molar-refractivity contribution in [3.63, 3.8) is 0 Å². The van der Waals surface area contributed by atoms with Gasteiger partial charge in [0, 0.05) is 31.7 Å². The molecule has 20 heavy (non-hydrogen) atoms. The van der Waals surface area contributed by atoms with Crippen LogP contribution in [0.4, 0.5) is 0 Å². The topological polar surface area (TPSA) is 72.4 Å². The Bertz CT molecular complexity index is 548. The standard InChI is InChI=1S/C14H18N4O2/c1-17-5-11-6-18(12(7-17)9-20-8-11)14(19)13-2-10(3-15)4-16-13/h2,4,11-12,16H,5-9H2,1H3/t11-,12-/m0/s1. The third-order valence-corrected chi connectivity index (χ3v) is 3.96. The minimum atomic E-state index is -0.0395. The maximum Gasteiger partial charge on any atom is 0.270 e. The molecule has 6 nitrogen and oxygen atoms in total. The van der Waals surface area contributed by atoms with Crippen molar-refractivity contribution in [3.05, 3.63) is 23.5 Å². The first-order valence-corrected chi connectivity index (χ1v) is 6.83. The van der Waals surface area contributed by atoms with Gasteiger partial charge in [0.25, 0.3) is 5.91 Å². The molecule has 0 aromatic carbocycles. The van der Waals surface area contributed by atoms with Crippen LogP contribution in [0.15, 0.2) is 12.3 Å². The summed E-state index contributed by atoms with van der Waals surface area (Å²) in [5.41, 5.74) is 0.969. The molecule has 1 amide bonds. The van der Waals surface area contributed by atoms with Crippen molar-refractivity contribution in [3.8, 4) is 6.07 Å². The van der Waals surface area contributed by atoms with Gasteiger partial charge in [-0.2, -0.15) is 5.26 Å². The Hall–Kier alpha value is -1.84. The fourth-order valence-electron chi connectivity index (χ4n) is 3.06. The van der Waals surface area contributed by atoms with Crippen molar-refractivity contribution in [1.29, 1.82) is 5.26 Å². The maximum absolute atomic E-state index is 12.6. The number of rotatable bonds is 1. The molecule has 2 saturated heterocycles. The molecule has 0 spiro atoms. The number of amides is 1. The lowest BCUT2D eigenvalue weighted by molar-refractivity contribution is 0.0480. The highest BCUT2D eigenvalue weighted by molar-refractivity contribution is 5.93. The van der Waals surface area contributed by atoms with E-state index in [1.165, 1.54) is 0 Å². The van der Waals surface area contributed by atoms with Crippen LogP contribution in [0, 0.1) is 17.2 Å². The molecule has 0 unspecified atom stereocenters. The van der Waals surface area contributed by atoms with Crippen LogP contribution in [0.2, 0.25) is 0 Å². The summed E-state index contributed by atoms with van der Waals surface area (Å²) in [4.78, 5) is 19.7. The van der Waals surface area contributed by atoms with E-state index in [9.17, 15) is 4.79 Å². The van der Waals surface area contributed by atoms with E-state index in [-0.39, 0.29) is 11.9 Å². The summed E-state index contributed by atoms with van der Waals surface area (Å²) in [7, 11) is 2.09. The summed E-state index contributed by atoms with van der Waals surface area (Å²) >= 11 is 0. The molecule has 0 aliphatic carbocycles. The van der Waals surface area contributed by atoms with Gasteiger partial charge in [0.15, 0.2) is 0 Å². The third-order valence-electron chi connectivity index (χ3n) is 3.96. The highest BCUT2D eigenvalue weighted by Gasteiger charge is 2.35. The average Bonchev–Trinajstić information content (AvgIpc) is 2.74. The Labute approximate surface area is 117 Å². The Morgan fingerprint density at radius 2 is 2.30 bits per heavy atom. The van der Waals surface area contributed by atoms with Gasteiger partial charge in [-0.05, 0) is 13.1 Å². The molecule has 2 atom stereocenters. The number of aromatic amines is 1. The number of aromatic nitrogens is 1. The van der Waals surface area contributed by atoms with Gasteiger partial charge in [0.05, 0.1) is 24.8 Å². The molecule has 3 heterocycles. The zero-order valence-electron chi connectivity index (χ0n) is 11.5. The molecule has 6 heteroatoms. The van der Waals surface area contributed by atoms with Crippen LogP contribution in [0.5, 0.6) is 0 Å². The van der Waals surface area contributed by atoms with Crippen LogP contribution < -0.4 is 0 Å². The van der Waals surface area contributed by atoms with Crippen molar-refractivity contribution >= 4 is 5.91 Å². The SMILES string of the molecule is CN1C[C@@H]2COC[C@H](C1)N(C(=O)c1cc(C#N)c[nH]1)C2. The molecule has 0 radical (unpaired) electrons. The molecule has 0 saturated carbocycles. The quantitative estimate of drug-likeness (QED) is 0.799. The van der Waals surface area contributed by atoms with Crippen molar-refractivity contribution in [1.82, 2.24) is 14.8 Å². The Morgan fingerprint density at radius 1 is 1.45 bits per heavy atom. The number of ether oxygens (including phenoxy) is 1. The summed E-state index contributed by atoms with van der Waals surface area (Å²) in [6.07, 6.45) is 1.57. The first kappa shape index (κ1) is 13.2. The van der Waals surface area contributed by atoms with Crippen molar-refractivity contribution in [2.45, 2.75) is 6.04 Å². The van der Waals surface area contributed by atoms with E-state index >= 15 is 0 Å². The highest BCUT2D eigenvalue weighted by atomic mass is 16.5. The van der Waals surface area contributed by atoms with Crippen LogP contribution >= 0.6 is 0 Å². The van der Waals surface area contributed by atoms with Crippen LogP contribution in [-0.2, 0) is 4.74 Å². The van der Waals surface area contributed by atoms with E-state index in [4.69, 9.17) is 10.00 Å². The number of carbonyl (C=O) groups is 1. The molecule has 106 valence electrons. The zero-order chi connectivity index (χ0) is 14.1. The summed E-state index contributed by atoms with van der Waals surface area (Å²) in [6, 6.07) is 3.73. The van der Waals surface area contributed by atoms with Gasteiger partial charge in [0.2, 0.25) is 0 Å². The smallest absolute Gasteiger partial charge is 0.270 e. The number of carbonyl (C=O) groups excluding carboxylic acids is 1. The lowest BCUT2D eigenvalue weighted by atomic mass is 10.1. The maximum atomic E-state index is 12.6. The van der Waals surface area contributed by atoms with Crippen LogP contribution in [0.3, 0.4) is 0 Å². The largest absolute Gasteiger partial charge is 0.379 e. The minimum Gasteiger partial charge on any atom is -0.379 e. The van der Waals surface area contributed by atoms with E-state index in [1.807, 2.05) is 11.0 Å². The monoisotopic (exact) mass is 274 g/mol. The highest BCUT2D eigenvalue weighted by Crippen LogP contribution is 2.21. The predicted molar refractivity (Wildman–Crippen MR) is 72.1 cm³/mol. The second-order valence-corrected chi connectivity index (χ2v) is 5.65. The molecule has 2 aliphatic rings. The second kappa shape index (κ2) is 5.27. The summed E-state index contributed by atoms with van der Waals surface area (Å²) in [5.74, 6) is 0.309. The van der Waals surface area contributed by atoms with Gasteiger partial charge in [0.1, 0.15) is 11.8 Å². The first-order valence-electron chi connectivity index (χ1n) is 6.83. The van der Waals surface area contributed by atoms with Crippen LogP contribution in [0.1, 0.15) is 16.1 Å². The van der Waals surface area contributed by atoms with Gasteiger partial charge in [-0.15, -0.1) is 0 Å². The minimum absolute atomic E-state index is 0.0395. The molecule has 2 fully saturated rings. The van der Waals surface area contributed by atoms with E-state index < -0.39 is 0 Å². The summed E-state index contributed by atoms with van der Waals surface area (Å²) in [5, 5.41) is 8.85. The number of nitrogens with one attached hydrogen (secondary N) is 1. The molecule has 2 aliphatic heterocycles. The van der Waals surface area contributed by atoms with Gasteiger partial charge in [-0.25, -0.2) is 0 Å². The molecule has 2 bridgehead atoms. The molecule has 1 N–H and O–H groups in total. The predicted octanol–water partition coefficient (Wildman–Crippen LogP) is 0.289. The van der Waals surface area contributed by atoms with Crippen molar-refractivity contribution < 1.29 is 9.53 Å². The van der Waals surface area contributed by atoms with E-state index in [0.29, 0.717) is 30.4 Å². The molecule has 1 aromatic rings. The van der Waals surface area contributed by atoms with Crippen LogP contribution in [0.25, 0.3) is 0 Å². The summed E-state index contributed by atoms with van der Waals surface area (Å²) in [6.45, 7) is 3.79. The normalized spacial score (nSPS) is 26.9. The summed E-state index contributed by atoms with van der Waals surface area (Å²) < 4.78 is 5.67. The van der Waals surface area contributed by atoms with Gasteiger partial charge in [-0.3, -0.25) is 4.79 Å². The fraction of sp³-hybridized carbons (Fsp3) is 0.571. The zero-order valence-corrected chi connectivity index (χ0v) is 11.5. The number of nitriles is 1. The molecular formula is C14H18N4O2. The average molecular weight is 274 g/mol. The lowest BCUT2D eigenvalue weighted by Crippen LogP contribution is -2.46. The number of nitrogens with zero attached hydrogens (tertiary/aromatic N) is 3.